The number of pyridine rings is 1. The molecule has 140 valence electrons. The van der Waals surface area contributed by atoms with Gasteiger partial charge >= 0.3 is 0 Å². The van der Waals surface area contributed by atoms with E-state index in [4.69, 9.17) is 9.05 Å². The Morgan fingerprint density at radius 2 is 1.85 bits per heavy atom. The fourth-order valence-electron chi connectivity index (χ4n) is 2.84. The number of rotatable bonds is 5. The van der Waals surface area contributed by atoms with E-state index in [2.05, 4.69) is 32.5 Å². The predicted octanol–water partition coefficient (Wildman–Crippen LogP) is 3.82. The Balaban J connectivity index is 0.00000210. The molecule has 4 rings (SSSR count). The number of fused-ring (bicyclic) bond motifs is 1. The van der Waals surface area contributed by atoms with Crippen molar-refractivity contribution in [2.45, 2.75) is 26.3 Å². The zero-order valence-corrected chi connectivity index (χ0v) is 16.1. The fraction of sp³-hybridized carbons (Fsp3) is 0.263. The highest BCUT2D eigenvalue weighted by molar-refractivity contribution is 5.93. The van der Waals surface area contributed by atoms with Gasteiger partial charge in [0, 0.05) is 18.0 Å². The average Bonchev–Trinajstić information content (AvgIpc) is 3.29. The first-order valence-electron chi connectivity index (χ1n) is 8.48. The summed E-state index contributed by atoms with van der Waals surface area (Å²) in [6.07, 6.45) is 0.683. The number of hydrogen-bond donors (Lipinski definition) is 1. The molecule has 3 aromatic heterocycles. The molecule has 1 N–H and O–H groups in total. The number of likely N-dealkylation sites (N-methyl/N-ethyl adjacent to an activating group) is 1. The van der Waals surface area contributed by atoms with E-state index in [0.717, 1.165) is 27.9 Å². The standard InChI is InChI=1S/C19H19N5O2.ClH/c1-11(20-3)9-16-22-18(25-24-16)14-10-15(13-7-5-4-6-8-13)21-19-17(14)12(2)23-26-19;/h4-8,10-11,20H,9H2,1-3H3;1H. The van der Waals surface area contributed by atoms with Crippen molar-refractivity contribution < 1.29 is 9.05 Å². The molecule has 0 aliphatic heterocycles. The van der Waals surface area contributed by atoms with E-state index in [1.165, 1.54) is 0 Å². The minimum atomic E-state index is 0. The molecule has 0 amide bonds. The molecular weight excluding hydrogens is 366 g/mol. The van der Waals surface area contributed by atoms with Gasteiger partial charge in [0.05, 0.1) is 22.3 Å². The van der Waals surface area contributed by atoms with Crippen LogP contribution in [0, 0.1) is 6.92 Å². The molecule has 0 saturated carbocycles. The monoisotopic (exact) mass is 385 g/mol. The zero-order valence-electron chi connectivity index (χ0n) is 15.3. The smallest absolute Gasteiger partial charge is 0.259 e. The lowest BCUT2D eigenvalue weighted by Crippen LogP contribution is -2.24. The van der Waals surface area contributed by atoms with Crippen molar-refractivity contribution in [2.24, 2.45) is 0 Å². The van der Waals surface area contributed by atoms with Gasteiger partial charge in [0.2, 0.25) is 0 Å². The maximum absolute atomic E-state index is 5.53. The third-order valence-corrected chi connectivity index (χ3v) is 4.37. The second-order valence-corrected chi connectivity index (χ2v) is 6.28. The molecule has 1 aromatic carbocycles. The van der Waals surface area contributed by atoms with E-state index >= 15 is 0 Å². The summed E-state index contributed by atoms with van der Waals surface area (Å²) in [6, 6.07) is 12.1. The number of aromatic nitrogens is 4. The van der Waals surface area contributed by atoms with Crippen molar-refractivity contribution in [3.05, 3.63) is 47.9 Å². The highest BCUT2D eigenvalue weighted by atomic mass is 35.5. The van der Waals surface area contributed by atoms with Crippen LogP contribution >= 0.6 is 12.4 Å². The lowest BCUT2D eigenvalue weighted by Gasteiger charge is -2.05. The van der Waals surface area contributed by atoms with Crippen molar-refractivity contribution in [3.8, 4) is 22.7 Å². The zero-order chi connectivity index (χ0) is 18.1. The third-order valence-electron chi connectivity index (χ3n) is 4.37. The van der Waals surface area contributed by atoms with E-state index < -0.39 is 0 Å². The van der Waals surface area contributed by atoms with Crippen LogP contribution in [0.2, 0.25) is 0 Å². The molecule has 0 fully saturated rings. The number of hydrogen-bond acceptors (Lipinski definition) is 7. The van der Waals surface area contributed by atoms with Crippen LogP contribution in [0.15, 0.2) is 45.4 Å². The SMILES string of the molecule is CNC(C)Cc1noc(-c2cc(-c3ccccc3)nc3onc(C)c23)n1.Cl. The van der Waals surface area contributed by atoms with Crippen molar-refractivity contribution in [3.63, 3.8) is 0 Å². The topological polar surface area (TPSA) is 89.9 Å². The van der Waals surface area contributed by atoms with Crippen LogP contribution in [0.5, 0.6) is 0 Å². The molecule has 1 atom stereocenters. The van der Waals surface area contributed by atoms with Crippen LogP contribution < -0.4 is 5.32 Å². The van der Waals surface area contributed by atoms with Gasteiger partial charge in [-0.3, -0.25) is 0 Å². The molecule has 0 aliphatic rings. The Morgan fingerprint density at radius 3 is 2.59 bits per heavy atom. The van der Waals surface area contributed by atoms with Gasteiger partial charge in [0.25, 0.3) is 11.6 Å². The molecule has 27 heavy (non-hydrogen) atoms. The molecule has 0 radical (unpaired) electrons. The normalized spacial score (nSPS) is 12.1. The van der Waals surface area contributed by atoms with Crippen molar-refractivity contribution in [1.82, 2.24) is 25.6 Å². The molecule has 8 heteroatoms. The quantitative estimate of drug-likeness (QED) is 0.558. The summed E-state index contributed by atoms with van der Waals surface area (Å²) < 4.78 is 10.9. The van der Waals surface area contributed by atoms with Gasteiger partial charge in [-0.2, -0.15) is 4.98 Å². The lowest BCUT2D eigenvalue weighted by atomic mass is 10.1. The summed E-state index contributed by atoms with van der Waals surface area (Å²) in [6.45, 7) is 3.94. The van der Waals surface area contributed by atoms with Gasteiger partial charge in [-0.25, -0.2) is 4.98 Å². The summed E-state index contributed by atoms with van der Waals surface area (Å²) in [5.74, 6) is 1.10. The Hall–Kier alpha value is -2.77. The number of halogens is 1. The molecule has 0 aliphatic carbocycles. The van der Waals surface area contributed by atoms with Crippen LogP contribution in [0.4, 0.5) is 0 Å². The van der Waals surface area contributed by atoms with E-state index in [-0.39, 0.29) is 18.4 Å². The van der Waals surface area contributed by atoms with E-state index in [9.17, 15) is 0 Å². The van der Waals surface area contributed by atoms with Crippen LogP contribution in [0.3, 0.4) is 0 Å². The number of benzene rings is 1. The van der Waals surface area contributed by atoms with Gasteiger partial charge in [-0.15, -0.1) is 12.4 Å². The summed E-state index contributed by atoms with van der Waals surface area (Å²) >= 11 is 0. The first-order chi connectivity index (χ1) is 12.7. The second-order valence-electron chi connectivity index (χ2n) is 6.28. The summed E-state index contributed by atoms with van der Waals surface area (Å²) in [5, 5.41) is 12.1. The lowest BCUT2D eigenvalue weighted by molar-refractivity contribution is 0.418. The molecule has 0 bridgehead atoms. The molecule has 3 heterocycles. The number of aryl methyl sites for hydroxylation is 1. The summed E-state index contributed by atoms with van der Waals surface area (Å²) in [7, 11) is 1.91. The molecular formula is C19H20ClN5O2. The maximum Gasteiger partial charge on any atom is 0.259 e. The Morgan fingerprint density at radius 1 is 1.07 bits per heavy atom. The third kappa shape index (κ3) is 3.70. The Bertz CT molecular complexity index is 1040. The number of nitrogens with one attached hydrogen (secondary N) is 1. The van der Waals surface area contributed by atoms with Gasteiger partial charge in [-0.1, -0.05) is 40.6 Å². The first-order valence-corrected chi connectivity index (χ1v) is 8.48. The minimum absolute atomic E-state index is 0. The van der Waals surface area contributed by atoms with Gasteiger partial charge in [0.1, 0.15) is 0 Å². The summed E-state index contributed by atoms with van der Waals surface area (Å²) in [4.78, 5) is 9.15. The van der Waals surface area contributed by atoms with Crippen molar-refractivity contribution in [1.29, 1.82) is 0 Å². The van der Waals surface area contributed by atoms with Crippen molar-refractivity contribution >= 4 is 23.5 Å². The Kier molecular flexibility index (Phi) is 5.53. The van der Waals surface area contributed by atoms with Crippen LogP contribution in [-0.2, 0) is 6.42 Å². The molecule has 4 aromatic rings. The van der Waals surface area contributed by atoms with Gasteiger partial charge in [0.15, 0.2) is 5.82 Å². The largest absolute Gasteiger partial charge is 0.335 e. The molecule has 0 saturated heterocycles. The van der Waals surface area contributed by atoms with Gasteiger partial charge in [-0.05, 0) is 27.0 Å². The minimum Gasteiger partial charge on any atom is -0.335 e. The van der Waals surface area contributed by atoms with E-state index in [1.54, 1.807) is 0 Å². The Labute approximate surface area is 162 Å². The molecule has 0 spiro atoms. The van der Waals surface area contributed by atoms with E-state index in [1.807, 2.05) is 50.4 Å². The average molecular weight is 386 g/mol. The highest BCUT2D eigenvalue weighted by Gasteiger charge is 2.20. The number of nitrogens with zero attached hydrogens (tertiary/aromatic N) is 4. The summed E-state index contributed by atoms with van der Waals surface area (Å²) in [5.41, 5.74) is 3.73. The fourth-order valence-corrected chi connectivity index (χ4v) is 2.84. The second kappa shape index (κ2) is 7.85. The maximum atomic E-state index is 5.53. The van der Waals surface area contributed by atoms with Crippen LogP contribution in [0.25, 0.3) is 33.8 Å². The predicted molar refractivity (Wildman–Crippen MR) is 105 cm³/mol. The highest BCUT2D eigenvalue weighted by Crippen LogP contribution is 2.33. The van der Waals surface area contributed by atoms with Gasteiger partial charge < -0.3 is 14.4 Å². The van der Waals surface area contributed by atoms with Crippen molar-refractivity contribution in [2.75, 3.05) is 7.05 Å². The molecule has 1 unspecified atom stereocenters. The first kappa shape index (κ1) is 19.0. The van der Waals surface area contributed by atoms with Crippen LogP contribution in [0.1, 0.15) is 18.4 Å². The van der Waals surface area contributed by atoms with E-state index in [0.29, 0.717) is 23.8 Å². The van der Waals surface area contributed by atoms with Crippen LogP contribution in [-0.4, -0.2) is 33.4 Å². The molecule has 7 nitrogen and oxygen atoms in total.